The maximum absolute atomic E-state index is 13.1. The smallest absolute Gasteiger partial charge is 0.331 e. The predicted molar refractivity (Wildman–Crippen MR) is 125 cm³/mol. The molecule has 1 saturated heterocycles. The summed E-state index contributed by atoms with van der Waals surface area (Å²) in [4.78, 5) is 32.8. The number of aromatic amines is 1. The van der Waals surface area contributed by atoms with Gasteiger partial charge < -0.3 is 10.0 Å². The molecule has 3 aromatic rings. The molecule has 1 aliphatic rings. The third-order valence-corrected chi connectivity index (χ3v) is 6.12. The predicted octanol–water partition coefficient (Wildman–Crippen LogP) is 1.29. The first-order valence-electron chi connectivity index (χ1n) is 11.2. The molecule has 0 spiro atoms. The standard InChI is InChI=1S/C25H27FN4O3/c26-20-8-6-18(7-9-20)10-15-30-24(32)22(23(31)28-25(30)33)16-27-21-11-13-29(14-12-21)17-19-4-2-1-3-5-19/h1-9,16,21,32H,10-15,17H2,(H,28,31,33)/p+1. The third-order valence-electron chi connectivity index (χ3n) is 6.12. The van der Waals surface area contributed by atoms with Crippen LogP contribution < -0.4 is 16.1 Å². The van der Waals surface area contributed by atoms with Crippen molar-refractivity contribution in [2.24, 2.45) is 4.99 Å². The van der Waals surface area contributed by atoms with E-state index in [-0.39, 0.29) is 24.0 Å². The number of hydrogen-bond donors (Lipinski definition) is 3. The number of aliphatic imine (C=N–C) groups is 1. The minimum Gasteiger partial charge on any atom is -0.494 e. The quantitative estimate of drug-likeness (QED) is 0.473. The fraction of sp³-hybridized carbons (Fsp3) is 0.320. The van der Waals surface area contributed by atoms with Gasteiger partial charge in [-0.15, -0.1) is 0 Å². The van der Waals surface area contributed by atoms with Crippen molar-refractivity contribution in [1.29, 1.82) is 0 Å². The molecular weight excluding hydrogens is 423 g/mol. The molecule has 0 unspecified atom stereocenters. The van der Waals surface area contributed by atoms with E-state index >= 15 is 0 Å². The van der Waals surface area contributed by atoms with Gasteiger partial charge in [0.1, 0.15) is 17.9 Å². The molecule has 2 heterocycles. The molecule has 1 aromatic heterocycles. The maximum Gasteiger partial charge on any atom is 0.331 e. The van der Waals surface area contributed by atoms with E-state index in [9.17, 15) is 19.1 Å². The molecule has 0 radical (unpaired) electrons. The molecule has 1 fully saturated rings. The van der Waals surface area contributed by atoms with Gasteiger partial charge in [-0.1, -0.05) is 42.5 Å². The Bertz CT molecular complexity index is 1210. The first-order valence-corrected chi connectivity index (χ1v) is 11.2. The number of quaternary nitrogens is 1. The molecule has 2 aromatic carbocycles. The number of nitrogens with zero attached hydrogens (tertiary/aromatic N) is 2. The van der Waals surface area contributed by atoms with E-state index in [0.29, 0.717) is 6.42 Å². The van der Waals surface area contributed by atoms with Gasteiger partial charge in [-0.3, -0.25) is 19.3 Å². The van der Waals surface area contributed by atoms with E-state index in [1.165, 1.54) is 28.8 Å². The van der Waals surface area contributed by atoms with Crippen molar-refractivity contribution >= 4 is 6.21 Å². The van der Waals surface area contributed by atoms with Crippen LogP contribution in [0.1, 0.15) is 29.5 Å². The monoisotopic (exact) mass is 451 g/mol. The van der Waals surface area contributed by atoms with Crippen molar-refractivity contribution in [3.05, 3.63) is 97.9 Å². The van der Waals surface area contributed by atoms with Crippen LogP contribution in [0.25, 0.3) is 0 Å². The van der Waals surface area contributed by atoms with Crippen molar-refractivity contribution in [3.63, 3.8) is 0 Å². The number of piperidine rings is 1. The minimum atomic E-state index is -0.686. The summed E-state index contributed by atoms with van der Waals surface area (Å²) in [5.74, 6) is -0.740. The lowest BCUT2D eigenvalue weighted by molar-refractivity contribution is -0.918. The van der Waals surface area contributed by atoms with E-state index in [2.05, 4.69) is 34.2 Å². The van der Waals surface area contributed by atoms with Gasteiger partial charge >= 0.3 is 5.69 Å². The van der Waals surface area contributed by atoms with Gasteiger partial charge in [0.2, 0.25) is 5.88 Å². The number of aromatic hydroxyl groups is 1. The van der Waals surface area contributed by atoms with Crippen molar-refractivity contribution in [2.75, 3.05) is 13.1 Å². The number of H-pyrrole nitrogens is 1. The Morgan fingerprint density at radius 1 is 1.06 bits per heavy atom. The van der Waals surface area contributed by atoms with Crippen LogP contribution in [0.5, 0.6) is 5.88 Å². The summed E-state index contributed by atoms with van der Waals surface area (Å²) in [6.45, 7) is 3.10. The normalized spacial score (nSPS) is 18.6. The highest BCUT2D eigenvalue weighted by atomic mass is 19.1. The van der Waals surface area contributed by atoms with Crippen molar-refractivity contribution in [3.8, 4) is 5.88 Å². The maximum atomic E-state index is 13.1. The van der Waals surface area contributed by atoms with Gasteiger partial charge in [-0.25, -0.2) is 9.18 Å². The van der Waals surface area contributed by atoms with Crippen molar-refractivity contribution < 1.29 is 14.4 Å². The second-order valence-corrected chi connectivity index (χ2v) is 8.45. The average Bonchev–Trinajstić information content (AvgIpc) is 2.81. The number of rotatable bonds is 7. The summed E-state index contributed by atoms with van der Waals surface area (Å²) in [7, 11) is 0. The first kappa shape index (κ1) is 22.7. The summed E-state index contributed by atoms with van der Waals surface area (Å²) in [6.07, 6.45) is 3.57. The zero-order valence-electron chi connectivity index (χ0n) is 18.3. The van der Waals surface area contributed by atoms with Crippen molar-refractivity contribution in [1.82, 2.24) is 9.55 Å². The molecule has 3 N–H and O–H groups in total. The van der Waals surface area contributed by atoms with Crippen LogP contribution in [-0.4, -0.2) is 40.0 Å². The second-order valence-electron chi connectivity index (χ2n) is 8.45. The largest absolute Gasteiger partial charge is 0.494 e. The molecular formula is C25H28FN4O3+. The summed E-state index contributed by atoms with van der Waals surface area (Å²) in [6, 6.07) is 16.4. The summed E-state index contributed by atoms with van der Waals surface area (Å²) >= 11 is 0. The lowest BCUT2D eigenvalue weighted by atomic mass is 10.0. The second kappa shape index (κ2) is 10.4. The Kier molecular flexibility index (Phi) is 7.14. The van der Waals surface area contributed by atoms with Gasteiger partial charge in [-0.05, 0) is 24.1 Å². The van der Waals surface area contributed by atoms with Crippen LogP contribution in [0, 0.1) is 5.82 Å². The third kappa shape index (κ3) is 5.84. The topological polar surface area (TPSA) is 91.9 Å². The molecule has 0 atom stereocenters. The van der Waals surface area contributed by atoms with Crippen molar-refractivity contribution in [2.45, 2.75) is 38.4 Å². The summed E-state index contributed by atoms with van der Waals surface area (Å²) < 4.78 is 14.2. The van der Waals surface area contributed by atoms with Crippen LogP contribution in [0.15, 0.2) is 69.2 Å². The Morgan fingerprint density at radius 2 is 1.76 bits per heavy atom. The van der Waals surface area contributed by atoms with Crippen LogP contribution in [0.4, 0.5) is 4.39 Å². The van der Waals surface area contributed by atoms with E-state index in [0.717, 1.165) is 42.6 Å². The highest BCUT2D eigenvalue weighted by Crippen LogP contribution is 2.12. The van der Waals surface area contributed by atoms with Crippen LogP contribution in [0.2, 0.25) is 0 Å². The molecule has 1 aliphatic heterocycles. The lowest BCUT2D eigenvalue weighted by Gasteiger charge is -2.27. The minimum absolute atomic E-state index is 0.0206. The summed E-state index contributed by atoms with van der Waals surface area (Å²) in [5, 5.41) is 10.6. The van der Waals surface area contributed by atoms with Gasteiger partial charge in [0.15, 0.2) is 0 Å². The SMILES string of the molecule is O=c1[nH]c(=O)n(CCc2ccc(F)cc2)c(O)c1C=NC1CC[NH+](Cc2ccccc2)CC1. The number of halogens is 1. The Morgan fingerprint density at radius 3 is 2.45 bits per heavy atom. The molecule has 33 heavy (non-hydrogen) atoms. The van der Waals surface area contributed by atoms with Crippen LogP contribution in [0.3, 0.4) is 0 Å². The molecule has 0 bridgehead atoms. The average molecular weight is 452 g/mol. The highest BCUT2D eigenvalue weighted by molar-refractivity contribution is 5.82. The molecule has 0 amide bonds. The highest BCUT2D eigenvalue weighted by Gasteiger charge is 2.22. The van der Waals surface area contributed by atoms with Gasteiger partial charge in [-0.2, -0.15) is 0 Å². The zero-order chi connectivity index (χ0) is 23.2. The Balaban J connectivity index is 1.40. The number of benzene rings is 2. The number of hydrogen-bond acceptors (Lipinski definition) is 4. The van der Waals surface area contributed by atoms with Crippen LogP contribution >= 0.6 is 0 Å². The Labute approximate surface area is 190 Å². The van der Waals surface area contributed by atoms with E-state index < -0.39 is 17.1 Å². The first-order chi connectivity index (χ1) is 16.0. The molecule has 7 nitrogen and oxygen atoms in total. The fourth-order valence-corrected chi connectivity index (χ4v) is 4.19. The number of nitrogens with one attached hydrogen (secondary N) is 2. The van der Waals surface area contributed by atoms with E-state index in [4.69, 9.17) is 0 Å². The fourth-order valence-electron chi connectivity index (χ4n) is 4.19. The van der Waals surface area contributed by atoms with Gasteiger partial charge in [0.25, 0.3) is 5.56 Å². The lowest BCUT2D eigenvalue weighted by Crippen LogP contribution is -3.12. The molecule has 172 valence electrons. The number of aromatic nitrogens is 2. The van der Waals surface area contributed by atoms with Crippen LogP contribution in [-0.2, 0) is 19.5 Å². The molecule has 0 saturated carbocycles. The zero-order valence-corrected chi connectivity index (χ0v) is 18.3. The molecule has 8 heteroatoms. The van der Waals surface area contributed by atoms with Gasteiger partial charge in [0, 0.05) is 31.2 Å². The Hall–Kier alpha value is -3.52. The number of likely N-dealkylation sites (tertiary alicyclic amines) is 1. The molecule has 0 aliphatic carbocycles. The van der Waals surface area contributed by atoms with E-state index in [1.54, 1.807) is 12.1 Å². The summed E-state index contributed by atoms with van der Waals surface area (Å²) in [5.41, 5.74) is 0.761. The molecule has 4 rings (SSSR count). The number of aryl methyl sites for hydroxylation is 1. The van der Waals surface area contributed by atoms with E-state index in [1.807, 2.05) is 6.07 Å². The van der Waals surface area contributed by atoms with Gasteiger partial charge in [0.05, 0.1) is 19.1 Å².